The Morgan fingerprint density at radius 2 is 1.88 bits per heavy atom. The second kappa shape index (κ2) is 12.7. The highest BCUT2D eigenvalue weighted by atomic mass is 19.1. The van der Waals surface area contributed by atoms with Crippen molar-refractivity contribution in [3.8, 4) is 0 Å². The number of β-amino-alcohol motifs (C(OH)–C–C–N with tert-alkyl or cyclic N) is 1. The van der Waals surface area contributed by atoms with E-state index < -0.39 is 24.0 Å². The number of nitrogens with zero attached hydrogens (tertiary/aromatic N) is 2. The Morgan fingerprint density at radius 1 is 1.18 bits per heavy atom. The summed E-state index contributed by atoms with van der Waals surface area (Å²) in [6.07, 6.45) is 1.28. The summed E-state index contributed by atoms with van der Waals surface area (Å²) in [6.45, 7) is 7.29. The van der Waals surface area contributed by atoms with Crippen LogP contribution >= 0.6 is 0 Å². The number of aliphatic hydroxyl groups is 2. The molecule has 4 heterocycles. The summed E-state index contributed by atoms with van der Waals surface area (Å²) in [6, 6.07) is 4.19. The number of aliphatic carboxylic acids is 1. The predicted molar refractivity (Wildman–Crippen MR) is 145 cm³/mol. The van der Waals surface area contributed by atoms with Crippen LogP contribution in [0.15, 0.2) is 18.2 Å². The van der Waals surface area contributed by atoms with Crippen LogP contribution in [0.5, 0.6) is 0 Å². The third-order valence-electron chi connectivity index (χ3n) is 7.14. The van der Waals surface area contributed by atoms with Crippen LogP contribution in [0.4, 0.5) is 10.1 Å². The molecular weight excluding hydrogens is 523 g/mol. The molecule has 2 amide bonds. The second-order valence-electron chi connectivity index (χ2n) is 10.2. The smallest absolute Gasteiger partial charge is 0.332 e. The standard InChI is InChI=1S/C25H29FN4O4.C3H6O3/c1-15-22(12-19-18-11-16(26)4-5-20(18)28-24(19)32)27-21-3-2-6-30(25(33)23(15)21)14-17(31)13-29-7-9-34-10-8-29;1-2(4)3(5)6/h4-5,11-12,17,27,31H,2-3,6-10,13-14H2,1H3,(H,28,32);2,4H,1H3,(H,5,6). The van der Waals surface area contributed by atoms with Crippen molar-refractivity contribution in [2.24, 2.45) is 0 Å². The summed E-state index contributed by atoms with van der Waals surface area (Å²) >= 11 is 0. The summed E-state index contributed by atoms with van der Waals surface area (Å²) in [7, 11) is 0. The third-order valence-corrected chi connectivity index (χ3v) is 7.14. The Bertz CT molecular complexity index is 1300. The Balaban J connectivity index is 0.000000557. The summed E-state index contributed by atoms with van der Waals surface area (Å²) < 4.78 is 19.2. The molecule has 1 aromatic heterocycles. The second-order valence-corrected chi connectivity index (χ2v) is 10.2. The number of carboxylic acid groups (broad SMARTS) is 1. The highest BCUT2D eigenvalue weighted by Gasteiger charge is 2.30. The van der Waals surface area contributed by atoms with E-state index in [0.717, 1.165) is 30.8 Å². The molecule has 2 unspecified atom stereocenters. The number of halogens is 1. The maximum Gasteiger partial charge on any atom is 0.332 e. The van der Waals surface area contributed by atoms with Crippen LogP contribution in [0, 0.1) is 12.7 Å². The number of aryl methyl sites for hydroxylation is 1. The van der Waals surface area contributed by atoms with E-state index in [9.17, 15) is 23.9 Å². The molecule has 0 aliphatic carbocycles. The van der Waals surface area contributed by atoms with Gasteiger partial charge in [0.2, 0.25) is 0 Å². The number of morpholine rings is 1. The van der Waals surface area contributed by atoms with Gasteiger partial charge in [0.1, 0.15) is 11.9 Å². The van der Waals surface area contributed by atoms with Crippen LogP contribution in [0.2, 0.25) is 0 Å². The maximum absolute atomic E-state index is 13.8. The molecule has 5 N–H and O–H groups in total. The lowest BCUT2D eigenvalue weighted by Gasteiger charge is -2.31. The lowest BCUT2D eigenvalue weighted by atomic mass is 10.0. The van der Waals surface area contributed by atoms with Crippen molar-refractivity contribution in [3.63, 3.8) is 0 Å². The molecular formula is C28H35FN4O7. The average Bonchev–Trinajstić information content (AvgIpc) is 3.33. The number of aliphatic hydroxyl groups excluding tert-OH is 2. The van der Waals surface area contributed by atoms with Crippen molar-refractivity contribution in [2.75, 3.05) is 51.3 Å². The Morgan fingerprint density at radius 3 is 2.55 bits per heavy atom. The van der Waals surface area contributed by atoms with Gasteiger partial charge in [0.25, 0.3) is 11.8 Å². The molecule has 1 fully saturated rings. The summed E-state index contributed by atoms with van der Waals surface area (Å²) in [5, 5.41) is 29.2. The molecule has 2 aromatic rings. The van der Waals surface area contributed by atoms with Gasteiger partial charge in [-0.25, -0.2) is 9.18 Å². The van der Waals surface area contributed by atoms with Crippen molar-refractivity contribution in [2.45, 2.75) is 38.9 Å². The molecule has 0 spiro atoms. The first-order valence-corrected chi connectivity index (χ1v) is 13.3. The van der Waals surface area contributed by atoms with Crippen molar-refractivity contribution < 1.29 is 38.8 Å². The molecule has 0 radical (unpaired) electrons. The van der Waals surface area contributed by atoms with E-state index in [1.807, 2.05) is 6.92 Å². The topological polar surface area (TPSA) is 155 Å². The minimum atomic E-state index is -1.23. The van der Waals surface area contributed by atoms with Crippen LogP contribution in [0.1, 0.15) is 46.2 Å². The minimum absolute atomic E-state index is 0.116. The van der Waals surface area contributed by atoms with Gasteiger partial charge >= 0.3 is 5.97 Å². The van der Waals surface area contributed by atoms with E-state index in [2.05, 4.69) is 15.2 Å². The highest BCUT2D eigenvalue weighted by Crippen LogP contribution is 2.35. The number of nitrogens with one attached hydrogen (secondary N) is 2. The van der Waals surface area contributed by atoms with Crippen molar-refractivity contribution in [3.05, 3.63) is 52.1 Å². The molecule has 3 aliphatic rings. The first-order chi connectivity index (χ1) is 19.0. The monoisotopic (exact) mass is 558 g/mol. The molecule has 1 aromatic carbocycles. The molecule has 11 nitrogen and oxygen atoms in total. The number of H-pyrrole nitrogens is 1. The molecule has 3 aliphatic heterocycles. The van der Waals surface area contributed by atoms with Gasteiger partial charge in [0.15, 0.2) is 0 Å². The van der Waals surface area contributed by atoms with E-state index in [-0.39, 0.29) is 18.4 Å². The first-order valence-electron chi connectivity index (χ1n) is 13.3. The summed E-state index contributed by atoms with van der Waals surface area (Å²) in [5.41, 5.74) is 4.28. The van der Waals surface area contributed by atoms with Gasteiger partial charge in [-0.15, -0.1) is 0 Å². The average molecular weight is 559 g/mol. The number of hydrogen-bond acceptors (Lipinski definition) is 7. The largest absolute Gasteiger partial charge is 0.479 e. The SMILES string of the molecule is CC(O)C(=O)O.Cc1c(C=C2C(=O)Nc3ccc(F)cc32)[nH]c2c1C(=O)N(CC(O)CN1CCOCC1)CCC2. The number of carbonyl (C=O) groups excluding carboxylic acids is 2. The molecule has 5 rings (SSSR count). The zero-order valence-corrected chi connectivity index (χ0v) is 22.6. The van der Waals surface area contributed by atoms with Crippen LogP contribution in [-0.4, -0.2) is 106 Å². The lowest BCUT2D eigenvalue weighted by molar-refractivity contribution is -0.145. The van der Waals surface area contributed by atoms with E-state index in [1.54, 1.807) is 17.0 Å². The Kier molecular flexibility index (Phi) is 9.36. The summed E-state index contributed by atoms with van der Waals surface area (Å²) in [4.78, 5) is 42.6. The molecule has 2 atom stereocenters. The quantitative estimate of drug-likeness (QED) is 0.334. The van der Waals surface area contributed by atoms with E-state index in [1.165, 1.54) is 19.1 Å². The van der Waals surface area contributed by atoms with Gasteiger partial charge in [-0.2, -0.15) is 0 Å². The number of carboxylic acids is 1. The highest BCUT2D eigenvalue weighted by molar-refractivity contribution is 6.34. The number of ether oxygens (including phenoxy) is 1. The number of rotatable bonds is 6. The Labute approximate surface area is 231 Å². The zero-order chi connectivity index (χ0) is 29.0. The van der Waals surface area contributed by atoms with Gasteiger partial charge in [-0.3, -0.25) is 14.5 Å². The van der Waals surface area contributed by atoms with Crippen LogP contribution < -0.4 is 5.32 Å². The lowest BCUT2D eigenvalue weighted by Crippen LogP contribution is -2.46. The number of carbonyl (C=O) groups is 3. The van der Waals surface area contributed by atoms with Crippen molar-refractivity contribution in [1.29, 1.82) is 0 Å². The normalized spacial score (nSPS) is 19.7. The fourth-order valence-electron chi connectivity index (χ4n) is 5.02. The zero-order valence-electron chi connectivity index (χ0n) is 22.6. The minimum Gasteiger partial charge on any atom is -0.479 e. The first kappa shape index (κ1) is 29.4. The number of benzene rings is 1. The van der Waals surface area contributed by atoms with Crippen molar-refractivity contribution in [1.82, 2.24) is 14.8 Å². The predicted octanol–water partition coefficient (Wildman–Crippen LogP) is 1.49. The number of aromatic nitrogens is 1. The molecule has 216 valence electrons. The van der Waals surface area contributed by atoms with Crippen LogP contribution in [0.25, 0.3) is 11.6 Å². The fourth-order valence-corrected chi connectivity index (χ4v) is 5.02. The van der Waals surface area contributed by atoms with E-state index >= 15 is 0 Å². The number of anilines is 1. The van der Waals surface area contributed by atoms with Crippen LogP contribution in [-0.2, 0) is 20.7 Å². The summed E-state index contributed by atoms with van der Waals surface area (Å²) in [5.74, 6) is -2.02. The van der Waals surface area contributed by atoms with Gasteiger partial charge in [0.05, 0.1) is 30.5 Å². The van der Waals surface area contributed by atoms with Crippen LogP contribution in [0.3, 0.4) is 0 Å². The third kappa shape index (κ3) is 6.76. The number of amides is 2. The molecule has 1 saturated heterocycles. The van der Waals surface area contributed by atoms with Crippen molar-refractivity contribution >= 4 is 35.1 Å². The van der Waals surface area contributed by atoms with Gasteiger partial charge in [0, 0.05) is 55.4 Å². The molecule has 40 heavy (non-hydrogen) atoms. The molecule has 0 saturated carbocycles. The molecule has 12 heteroatoms. The number of fused-ring (bicyclic) bond motifs is 2. The van der Waals surface area contributed by atoms with Gasteiger partial charge < -0.3 is 35.3 Å². The maximum atomic E-state index is 13.8. The molecule has 0 bridgehead atoms. The van der Waals surface area contributed by atoms with E-state index in [0.29, 0.717) is 60.8 Å². The fraction of sp³-hybridized carbons (Fsp3) is 0.464. The number of hydrogen-bond donors (Lipinski definition) is 5. The number of aromatic amines is 1. The van der Waals surface area contributed by atoms with Gasteiger partial charge in [-0.1, -0.05) is 0 Å². The Hall–Kier alpha value is -3.58. The van der Waals surface area contributed by atoms with E-state index in [4.69, 9.17) is 14.9 Å². The van der Waals surface area contributed by atoms with Gasteiger partial charge in [-0.05, 0) is 56.5 Å².